The number of hydrogen-bond acceptors (Lipinski definition) is 4. The van der Waals surface area contributed by atoms with E-state index >= 15 is 0 Å². The van der Waals surface area contributed by atoms with E-state index in [1.165, 1.54) is 24.1 Å². The zero-order chi connectivity index (χ0) is 13.9. The van der Waals surface area contributed by atoms with Gasteiger partial charge >= 0.3 is 0 Å². The van der Waals surface area contributed by atoms with Gasteiger partial charge in [0.05, 0.1) is 12.2 Å². The van der Waals surface area contributed by atoms with Gasteiger partial charge in [0.1, 0.15) is 0 Å². The summed E-state index contributed by atoms with van der Waals surface area (Å²) in [6.07, 6.45) is 2.58. The minimum absolute atomic E-state index is 0.699. The fourth-order valence-corrected chi connectivity index (χ4v) is 2.36. The van der Waals surface area contributed by atoms with E-state index in [1.54, 1.807) is 0 Å². The predicted molar refractivity (Wildman–Crippen MR) is 79.7 cm³/mol. The third-order valence-electron chi connectivity index (χ3n) is 3.68. The lowest BCUT2D eigenvalue weighted by Gasteiger charge is -2.19. The first kappa shape index (κ1) is 13.2. The first-order valence-corrected chi connectivity index (χ1v) is 7.17. The van der Waals surface area contributed by atoms with Crippen molar-refractivity contribution in [2.75, 3.05) is 11.9 Å². The standard InChI is InChI=1S/C16H21N3O/c1-12-5-3-4-6-16(12)19(2)11-15-9-14(18-20-15)10-17-13-7-8-13/h3-6,9,13,17H,7-8,10-11H2,1-2H3. The number of nitrogens with zero attached hydrogens (tertiary/aromatic N) is 2. The van der Waals surface area contributed by atoms with Gasteiger partial charge < -0.3 is 14.7 Å². The summed E-state index contributed by atoms with van der Waals surface area (Å²) in [4.78, 5) is 2.19. The number of nitrogens with one attached hydrogen (secondary N) is 1. The molecule has 0 atom stereocenters. The Morgan fingerprint density at radius 1 is 1.35 bits per heavy atom. The molecular weight excluding hydrogens is 250 g/mol. The molecule has 1 aromatic heterocycles. The van der Waals surface area contributed by atoms with Gasteiger partial charge in [0.2, 0.25) is 0 Å². The first-order chi connectivity index (χ1) is 9.72. The number of anilines is 1. The summed E-state index contributed by atoms with van der Waals surface area (Å²) in [5.74, 6) is 0.906. The number of aryl methyl sites for hydroxylation is 1. The van der Waals surface area contributed by atoms with E-state index in [9.17, 15) is 0 Å². The Balaban J connectivity index is 1.60. The van der Waals surface area contributed by atoms with Crippen molar-refractivity contribution in [3.63, 3.8) is 0 Å². The van der Waals surface area contributed by atoms with Crippen molar-refractivity contribution >= 4 is 5.69 Å². The number of hydrogen-bond donors (Lipinski definition) is 1. The van der Waals surface area contributed by atoms with Gasteiger partial charge in [0.15, 0.2) is 5.76 Å². The van der Waals surface area contributed by atoms with Gasteiger partial charge in [-0.1, -0.05) is 23.4 Å². The Morgan fingerprint density at radius 3 is 2.90 bits per heavy atom. The van der Waals surface area contributed by atoms with Crippen LogP contribution < -0.4 is 10.2 Å². The highest BCUT2D eigenvalue weighted by Crippen LogP contribution is 2.21. The van der Waals surface area contributed by atoms with E-state index in [0.717, 1.165) is 24.5 Å². The normalized spacial score (nSPS) is 14.5. The van der Waals surface area contributed by atoms with Crippen LogP contribution in [0.5, 0.6) is 0 Å². The van der Waals surface area contributed by atoms with E-state index in [4.69, 9.17) is 4.52 Å². The Labute approximate surface area is 119 Å². The number of aromatic nitrogens is 1. The molecule has 20 heavy (non-hydrogen) atoms. The van der Waals surface area contributed by atoms with Gasteiger partial charge in [0, 0.05) is 31.4 Å². The molecular formula is C16H21N3O. The largest absolute Gasteiger partial charge is 0.367 e. The highest BCUT2D eigenvalue weighted by atomic mass is 16.5. The molecule has 1 aliphatic rings. The highest BCUT2D eigenvalue weighted by molar-refractivity contribution is 5.52. The molecule has 4 nitrogen and oxygen atoms in total. The lowest BCUT2D eigenvalue weighted by Crippen LogP contribution is -2.17. The third-order valence-corrected chi connectivity index (χ3v) is 3.68. The fraction of sp³-hybridized carbons (Fsp3) is 0.438. The summed E-state index contributed by atoms with van der Waals surface area (Å²) in [6.45, 7) is 3.67. The number of para-hydroxylation sites is 1. The van der Waals surface area contributed by atoms with Crippen molar-refractivity contribution in [3.05, 3.63) is 47.3 Å². The molecule has 1 heterocycles. The Kier molecular flexibility index (Phi) is 3.74. The van der Waals surface area contributed by atoms with Crippen molar-refractivity contribution in [2.45, 2.75) is 38.9 Å². The van der Waals surface area contributed by atoms with Crippen LogP contribution in [0.3, 0.4) is 0 Å². The average Bonchev–Trinajstić information content (AvgIpc) is 3.17. The molecule has 0 saturated heterocycles. The Hall–Kier alpha value is -1.81. The Bertz CT molecular complexity index is 575. The fourth-order valence-electron chi connectivity index (χ4n) is 2.36. The quantitative estimate of drug-likeness (QED) is 0.877. The molecule has 1 aliphatic carbocycles. The molecule has 0 radical (unpaired) electrons. The van der Waals surface area contributed by atoms with Crippen LogP contribution in [-0.4, -0.2) is 18.2 Å². The second kappa shape index (κ2) is 5.67. The van der Waals surface area contributed by atoms with E-state index in [1.807, 2.05) is 6.07 Å². The van der Waals surface area contributed by atoms with E-state index in [2.05, 4.69) is 53.6 Å². The van der Waals surface area contributed by atoms with Crippen molar-refractivity contribution in [1.29, 1.82) is 0 Å². The average molecular weight is 271 g/mol. The minimum Gasteiger partial charge on any atom is -0.367 e. The second-order valence-electron chi connectivity index (χ2n) is 5.58. The first-order valence-electron chi connectivity index (χ1n) is 7.17. The van der Waals surface area contributed by atoms with Gasteiger partial charge in [-0.3, -0.25) is 0 Å². The molecule has 0 bridgehead atoms. The van der Waals surface area contributed by atoms with Crippen LogP contribution in [0.25, 0.3) is 0 Å². The lowest BCUT2D eigenvalue weighted by atomic mass is 10.2. The molecule has 0 unspecified atom stereocenters. The van der Waals surface area contributed by atoms with Crippen molar-refractivity contribution in [1.82, 2.24) is 10.5 Å². The molecule has 0 aliphatic heterocycles. The summed E-state index contributed by atoms with van der Waals surface area (Å²) >= 11 is 0. The summed E-state index contributed by atoms with van der Waals surface area (Å²) in [5.41, 5.74) is 3.48. The summed E-state index contributed by atoms with van der Waals surface area (Å²) in [7, 11) is 2.08. The van der Waals surface area contributed by atoms with Crippen LogP contribution in [0.2, 0.25) is 0 Å². The molecule has 3 rings (SSSR count). The number of rotatable bonds is 6. The summed E-state index contributed by atoms with van der Waals surface area (Å²) in [5, 5.41) is 7.57. The van der Waals surface area contributed by atoms with Gasteiger partial charge in [-0.25, -0.2) is 0 Å². The monoisotopic (exact) mass is 271 g/mol. The Morgan fingerprint density at radius 2 is 2.15 bits per heavy atom. The van der Waals surface area contributed by atoms with Crippen LogP contribution in [0.4, 0.5) is 5.69 Å². The molecule has 106 valence electrons. The van der Waals surface area contributed by atoms with Gasteiger partial charge in [0.25, 0.3) is 0 Å². The second-order valence-corrected chi connectivity index (χ2v) is 5.58. The van der Waals surface area contributed by atoms with Crippen molar-refractivity contribution in [3.8, 4) is 0 Å². The van der Waals surface area contributed by atoms with Gasteiger partial charge in [-0.2, -0.15) is 0 Å². The summed E-state index contributed by atoms with van der Waals surface area (Å²) < 4.78 is 5.42. The molecule has 1 aromatic carbocycles. The third kappa shape index (κ3) is 3.20. The highest BCUT2D eigenvalue weighted by Gasteiger charge is 2.20. The maximum absolute atomic E-state index is 5.42. The molecule has 1 N–H and O–H groups in total. The lowest BCUT2D eigenvalue weighted by molar-refractivity contribution is 0.375. The molecule has 1 fully saturated rings. The topological polar surface area (TPSA) is 41.3 Å². The zero-order valence-electron chi connectivity index (χ0n) is 12.1. The van der Waals surface area contributed by atoms with Crippen LogP contribution in [0, 0.1) is 6.92 Å². The van der Waals surface area contributed by atoms with Crippen molar-refractivity contribution < 1.29 is 4.52 Å². The minimum atomic E-state index is 0.699. The molecule has 0 amide bonds. The molecule has 2 aromatic rings. The predicted octanol–water partition coefficient (Wildman–Crippen LogP) is 2.87. The molecule has 0 spiro atoms. The SMILES string of the molecule is Cc1ccccc1N(C)Cc1cc(CNC2CC2)no1. The molecule has 1 saturated carbocycles. The van der Waals surface area contributed by atoms with Crippen LogP contribution in [-0.2, 0) is 13.1 Å². The van der Waals surface area contributed by atoms with Gasteiger partial charge in [-0.15, -0.1) is 0 Å². The van der Waals surface area contributed by atoms with Crippen LogP contribution >= 0.6 is 0 Å². The maximum Gasteiger partial charge on any atom is 0.156 e. The van der Waals surface area contributed by atoms with Crippen molar-refractivity contribution in [2.24, 2.45) is 0 Å². The van der Waals surface area contributed by atoms with E-state index < -0.39 is 0 Å². The van der Waals surface area contributed by atoms with Crippen LogP contribution in [0.15, 0.2) is 34.9 Å². The van der Waals surface area contributed by atoms with Gasteiger partial charge in [-0.05, 0) is 31.4 Å². The number of benzene rings is 1. The van der Waals surface area contributed by atoms with Crippen LogP contribution in [0.1, 0.15) is 29.9 Å². The van der Waals surface area contributed by atoms with E-state index in [0.29, 0.717) is 6.04 Å². The van der Waals surface area contributed by atoms with E-state index in [-0.39, 0.29) is 0 Å². The smallest absolute Gasteiger partial charge is 0.156 e. The maximum atomic E-state index is 5.42. The summed E-state index contributed by atoms with van der Waals surface area (Å²) in [6, 6.07) is 11.1. The molecule has 4 heteroatoms. The zero-order valence-corrected chi connectivity index (χ0v) is 12.1.